The Balaban J connectivity index is 3.25. The normalized spacial score (nSPS) is 31.9. The van der Waals surface area contributed by atoms with Crippen LogP contribution >= 0.6 is 22.8 Å². The first-order chi connectivity index (χ1) is 7.41. The Hall–Kier alpha value is -0.0900. The van der Waals surface area contributed by atoms with Crippen molar-refractivity contribution < 1.29 is 11.7 Å². The summed E-state index contributed by atoms with van der Waals surface area (Å²) in [5, 5.41) is -0.614. The molecule has 0 saturated heterocycles. The maximum atomic E-state index is 12.8. The molecule has 0 aromatic rings. The third-order valence-corrected chi connectivity index (χ3v) is 5.48. The Morgan fingerprint density at radius 3 is 2.12 bits per heavy atom. The van der Waals surface area contributed by atoms with E-state index in [1.807, 2.05) is 27.7 Å². The molecular weight excluding hydrogens is 269 g/mol. The Labute approximate surface area is 108 Å². The SMILES string of the molecule is CC1=C(S(F)(F)F)C=CC(C)(C(C)(C)C)C1Cl. The predicted molar refractivity (Wildman–Crippen MR) is 70.0 cm³/mol. The zero-order valence-corrected chi connectivity index (χ0v) is 12.2. The van der Waals surface area contributed by atoms with E-state index in [0.29, 0.717) is 0 Å². The molecule has 0 heterocycles. The van der Waals surface area contributed by atoms with Crippen LogP contribution in [-0.4, -0.2) is 5.38 Å². The minimum absolute atomic E-state index is 0.191. The van der Waals surface area contributed by atoms with Crippen molar-refractivity contribution in [1.82, 2.24) is 0 Å². The van der Waals surface area contributed by atoms with E-state index >= 15 is 0 Å². The van der Waals surface area contributed by atoms with Gasteiger partial charge >= 0.3 is 0 Å². The highest BCUT2D eigenvalue weighted by molar-refractivity contribution is 8.24. The fourth-order valence-corrected chi connectivity index (χ4v) is 3.22. The van der Waals surface area contributed by atoms with Crippen LogP contribution in [0.3, 0.4) is 0 Å². The van der Waals surface area contributed by atoms with E-state index in [4.69, 9.17) is 11.6 Å². The summed E-state index contributed by atoms with van der Waals surface area (Å²) in [6.07, 6.45) is 2.82. The molecule has 0 fully saturated rings. The van der Waals surface area contributed by atoms with Gasteiger partial charge in [0, 0.05) is 5.41 Å². The molecule has 0 radical (unpaired) electrons. The van der Waals surface area contributed by atoms with Gasteiger partial charge in [-0.05, 0) is 24.0 Å². The molecule has 17 heavy (non-hydrogen) atoms. The minimum atomic E-state index is -5.20. The van der Waals surface area contributed by atoms with E-state index in [1.165, 1.54) is 13.0 Å². The molecule has 2 atom stereocenters. The largest absolute Gasteiger partial charge is 0.237 e. The zero-order chi connectivity index (χ0) is 13.6. The lowest BCUT2D eigenvalue weighted by Gasteiger charge is -2.46. The van der Waals surface area contributed by atoms with Gasteiger partial charge in [-0.3, -0.25) is 0 Å². The zero-order valence-electron chi connectivity index (χ0n) is 10.7. The fraction of sp³-hybridized carbons (Fsp3) is 0.667. The number of halogens is 4. The third-order valence-electron chi connectivity index (χ3n) is 3.74. The summed E-state index contributed by atoms with van der Waals surface area (Å²) in [5.74, 6) is 0. The van der Waals surface area contributed by atoms with Crippen molar-refractivity contribution in [3.8, 4) is 0 Å². The van der Waals surface area contributed by atoms with Crippen molar-refractivity contribution in [2.45, 2.75) is 40.0 Å². The molecule has 0 spiro atoms. The molecule has 1 aliphatic rings. The number of hydrogen-bond acceptors (Lipinski definition) is 0. The lowest BCUT2D eigenvalue weighted by molar-refractivity contribution is 0.170. The van der Waals surface area contributed by atoms with Crippen molar-refractivity contribution >= 4 is 22.8 Å². The number of hydrogen-bond donors (Lipinski definition) is 0. The second-order valence-electron chi connectivity index (χ2n) is 5.68. The van der Waals surface area contributed by atoms with Gasteiger partial charge in [0.25, 0.3) is 0 Å². The molecule has 0 bridgehead atoms. The number of allylic oxidation sites excluding steroid dienone is 3. The van der Waals surface area contributed by atoms with Crippen LogP contribution in [-0.2, 0) is 0 Å². The van der Waals surface area contributed by atoms with E-state index in [0.717, 1.165) is 0 Å². The number of rotatable bonds is 1. The average molecular weight is 287 g/mol. The fourth-order valence-electron chi connectivity index (χ4n) is 1.93. The lowest BCUT2D eigenvalue weighted by atomic mass is 9.63. The molecule has 0 amide bonds. The minimum Gasteiger partial charge on any atom is -0.120 e. The summed E-state index contributed by atoms with van der Waals surface area (Å²) < 4.78 is 38.5. The first kappa shape index (κ1) is 15.0. The van der Waals surface area contributed by atoms with Gasteiger partial charge in [0.15, 0.2) is 0 Å². The van der Waals surface area contributed by atoms with Gasteiger partial charge < -0.3 is 0 Å². The molecule has 0 nitrogen and oxygen atoms in total. The standard InChI is InChI=1S/C12H18ClF3S/c1-8-9(17(14,15)16)6-7-12(5,10(8)13)11(2,3)4/h6-7,10H,1-5H3. The molecule has 1 aliphatic carbocycles. The molecule has 0 aromatic heterocycles. The van der Waals surface area contributed by atoms with Gasteiger partial charge in [0.2, 0.25) is 11.2 Å². The quantitative estimate of drug-likeness (QED) is 0.523. The monoisotopic (exact) mass is 286 g/mol. The second kappa shape index (κ2) is 4.23. The molecule has 5 heteroatoms. The molecule has 100 valence electrons. The van der Waals surface area contributed by atoms with Gasteiger partial charge in [-0.25, -0.2) is 0 Å². The molecule has 0 N–H and O–H groups in total. The predicted octanol–water partition coefficient (Wildman–Crippen LogP) is 5.95. The number of alkyl halides is 1. The average Bonchev–Trinajstić information content (AvgIpc) is 2.10. The van der Waals surface area contributed by atoms with Crippen LogP contribution in [0.2, 0.25) is 0 Å². The van der Waals surface area contributed by atoms with Gasteiger partial charge in [-0.2, -0.15) is 0 Å². The van der Waals surface area contributed by atoms with Crippen molar-refractivity contribution in [3.05, 3.63) is 22.6 Å². The van der Waals surface area contributed by atoms with Crippen LogP contribution in [0.15, 0.2) is 22.6 Å². The van der Waals surface area contributed by atoms with Gasteiger partial charge in [0.1, 0.15) is 0 Å². The van der Waals surface area contributed by atoms with Crippen LogP contribution in [0.5, 0.6) is 0 Å². The summed E-state index contributed by atoms with van der Waals surface area (Å²) in [4.78, 5) is -0.528. The molecule has 0 saturated carbocycles. The van der Waals surface area contributed by atoms with Crippen molar-refractivity contribution in [3.63, 3.8) is 0 Å². The van der Waals surface area contributed by atoms with Gasteiger partial charge in [-0.1, -0.05) is 33.8 Å². The van der Waals surface area contributed by atoms with E-state index in [1.54, 1.807) is 6.08 Å². The Morgan fingerprint density at radius 2 is 1.76 bits per heavy atom. The first-order valence-corrected chi connectivity index (χ1v) is 7.14. The van der Waals surface area contributed by atoms with E-state index in [9.17, 15) is 11.7 Å². The molecule has 2 unspecified atom stereocenters. The van der Waals surface area contributed by atoms with Crippen LogP contribution in [0.25, 0.3) is 0 Å². The lowest BCUT2D eigenvalue weighted by Crippen LogP contribution is -2.41. The third kappa shape index (κ3) is 2.53. The highest BCUT2D eigenvalue weighted by Crippen LogP contribution is 2.65. The summed E-state index contributed by atoms with van der Waals surface area (Å²) in [6, 6.07) is 0. The Bertz CT molecular complexity index is 376. The highest BCUT2D eigenvalue weighted by atomic mass is 35.5. The van der Waals surface area contributed by atoms with Gasteiger partial charge in [0.05, 0.1) is 10.3 Å². The summed E-state index contributed by atoms with van der Waals surface area (Å²) in [5.41, 5.74) is -0.412. The topological polar surface area (TPSA) is 0 Å². The molecule has 0 aliphatic heterocycles. The highest BCUT2D eigenvalue weighted by Gasteiger charge is 2.46. The van der Waals surface area contributed by atoms with E-state index < -0.39 is 26.9 Å². The smallest absolute Gasteiger partial charge is 0.120 e. The van der Waals surface area contributed by atoms with Crippen LogP contribution < -0.4 is 0 Å². The van der Waals surface area contributed by atoms with E-state index in [-0.39, 0.29) is 11.0 Å². The molecule has 1 rings (SSSR count). The van der Waals surface area contributed by atoms with Crippen LogP contribution in [0.1, 0.15) is 34.6 Å². The summed E-state index contributed by atoms with van der Waals surface area (Å²) in [7, 11) is 0. The first-order valence-electron chi connectivity index (χ1n) is 5.37. The van der Waals surface area contributed by atoms with Crippen molar-refractivity contribution in [2.75, 3.05) is 0 Å². The Morgan fingerprint density at radius 1 is 1.29 bits per heavy atom. The summed E-state index contributed by atoms with van der Waals surface area (Å²) in [6.45, 7) is 9.37. The van der Waals surface area contributed by atoms with Crippen LogP contribution in [0.4, 0.5) is 11.7 Å². The van der Waals surface area contributed by atoms with E-state index in [2.05, 4.69) is 0 Å². The van der Waals surface area contributed by atoms with Crippen LogP contribution in [0, 0.1) is 10.8 Å². The Kier molecular flexibility index (Phi) is 3.73. The molecular formula is C12H18ClF3S. The van der Waals surface area contributed by atoms with Crippen molar-refractivity contribution in [1.29, 1.82) is 0 Å². The second-order valence-corrected chi connectivity index (χ2v) is 7.37. The maximum absolute atomic E-state index is 12.8. The van der Waals surface area contributed by atoms with Crippen molar-refractivity contribution in [2.24, 2.45) is 10.8 Å². The maximum Gasteiger partial charge on any atom is 0.237 e. The summed E-state index contributed by atoms with van der Waals surface area (Å²) >= 11 is 1.07. The van der Waals surface area contributed by atoms with Gasteiger partial charge in [-0.15, -0.1) is 23.3 Å². The molecule has 0 aromatic carbocycles.